The van der Waals surface area contributed by atoms with Crippen molar-refractivity contribution in [3.8, 4) is 22.8 Å². The van der Waals surface area contributed by atoms with E-state index in [9.17, 15) is 13.2 Å². The number of nitrogens with zero attached hydrogens (tertiary/aromatic N) is 2. The van der Waals surface area contributed by atoms with Gasteiger partial charge in [0.2, 0.25) is 15.9 Å². The number of methoxy groups -OCH3 is 1. The molecule has 0 radical (unpaired) electrons. The zero-order valence-corrected chi connectivity index (χ0v) is 23.0. The topological polar surface area (TPSA) is 110 Å². The van der Waals surface area contributed by atoms with E-state index in [1.807, 2.05) is 38.4 Å². The third-order valence-electron chi connectivity index (χ3n) is 6.31. The van der Waals surface area contributed by atoms with Crippen molar-refractivity contribution >= 4 is 38.1 Å². The molecule has 2 N–H and O–H groups in total. The molecule has 1 atom stereocenters. The molecule has 2 aromatic carbocycles. The van der Waals surface area contributed by atoms with Gasteiger partial charge in [-0.25, -0.2) is 13.4 Å². The normalized spacial score (nSPS) is 16.3. The molecule has 4 rings (SSSR count). The fourth-order valence-electron chi connectivity index (χ4n) is 4.34. The molecule has 3 aromatic rings. The van der Waals surface area contributed by atoms with Crippen LogP contribution in [-0.4, -0.2) is 57.5 Å². The molecule has 1 aromatic heterocycles. The number of anilines is 2. The lowest BCUT2D eigenvalue weighted by Crippen LogP contribution is -2.43. The van der Waals surface area contributed by atoms with Crippen LogP contribution >= 0.6 is 11.3 Å². The SMILES string of the molecule is CCOc1ccc(S(=O)(=O)N2CCCC(C(=O)Nc3cc(-c4csc(NC)n4)ccc3OC)C2)cc1C. The van der Waals surface area contributed by atoms with Crippen LogP contribution in [0.2, 0.25) is 0 Å². The van der Waals surface area contributed by atoms with Gasteiger partial charge in [0.05, 0.1) is 35.9 Å². The smallest absolute Gasteiger partial charge is 0.243 e. The Morgan fingerprint density at radius 1 is 1.22 bits per heavy atom. The van der Waals surface area contributed by atoms with Gasteiger partial charge in [-0.05, 0) is 68.7 Å². The lowest BCUT2D eigenvalue weighted by molar-refractivity contribution is -0.120. The number of rotatable bonds is 9. The fraction of sp³-hybridized carbons (Fsp3) is 0.385. The van der Waals surface area contributed by atoms with Crippen molar-refractivity contribution in [2.75, 3.05) is 44.5 Å². The first-order valence-electron chi connectivity index (χ1n) is 12.1. The Morgan fingerprint density at radius 2 is 2.00 bits per heavy atom. The van der Waals surface area contributed by atoms with Crippen LogP contribution in [0.25, 0.3) is 11.3 Å². The summed E-state index contributed by atoms with van der Waals surface area (Å²) in [5.74, 6) is 0.447. The summed E-state index contributed by atoms with van der Waals surface area (Å²) in [6.45, 7) is 4.69. The van der Waals surface area contributed by atoms with Crippen molar-refractivity contribution in [2.24, 2.45) is 5.92 Å². The van der Waals surface area contributed by atoms with Crippen LogP contribution in [0.15, 0.2) is 46.7 Å². The van der Waals surface area contributed by atoms with Crippen molar-refractivity contribution in [3.63, 3.8) is 0 Å². The minimum Gasteiger partial charge on any atom is -0.495 e. The zero-order chi connectivity index (χ0) is 26.6. The van der Waals surface area contributed by atoms with Crippen molar-refractivity contribution in [3.05, 3.63) is 47.3 Å². The molecular formula is C26H32N4O5S2. The largest absolute Gasteiger partial charge is 0.495 e. The highest BCUT2D eigenvalue weighted by Gasteiger charge is 2.34. The lowest BCUT2D eigenvalue weighted by Gasteiger charge is -2.31. The fourth-order valence-corrected chi connectivity index (χ4v) is 6.64. The van der Waals surface area contributed by atoms with E-state index in [2.05, 4.69) is 15.6 Å². The van der Waals surface area contributed by atoms with Crippen LogP contribution < -0.4 is 20.1 Å². The summed E-state index contributed by atoms with van der Waals surface area (Å²) in [6, 6.07) is 10.4. The van der Waals surface area contributed by atoms with Crippen molar-refractivity contribution < 1.29 is 22.7 Å². The molecule has 1 unspecified atom stereocenters. The Hall–Kier alpha value is -3.15. The van der Waals surface area contributed by atoms with E-state index < -0.39 is 15.9 Å². The summed E-state index contributed by atoms with van der Waals surface area (Å²) in [6.07, 6.45) is 1.19. The molecule has 1 aliphatic heterocycles. The number of aromatic nitrogens is 1. The molecule has 0 aliphatic carbocycles. The predicted molar refractivity (Wildman–Crippen MR) is 146 cm³/mol. The lowest BCUT2D eigenvalue weighted by atomic mass is 9.98. The van der Waals surface area contributed by atoms with Gasteiger partial charge in [-0.1, -0.05) is 0 Å². The van der Waals surface area contributed by atoms with Gasteiger partial charge >= 0.3 is 0 Å². The third-order valence-corrected chi connectivity index (χ3v) is 9.03. The number of benzene rings is 2. The summed E-state index contributed by atoms with van der Waals surface area (Å²) in [5.41, 5.74) is 2.90. The first-order valence-corrected chi connectivity index (χ1v) is 14.4. The number of hydrogen-bond donors (Lipinski definition) is 2. The number of sulfonamides is 1. The summed E-state index contributed by atoms with van der Waals surface area (Å²) in [4.78, 5) is 18.0. The monoisotopic (exact) mass is 544 g/mol. The van der Waals surface area contributed by atoms with E-state index in [4.69, 9.17) is 9.47 Å². The van der Waals surface area contributed by atoms with E-state index >= 15 is 0 Å². The number of amides is 1. The number of piperidine rings is 1. The second-order valence-electron chi connectivity index (χ2n) is 8.75. The van der Waals surface area contributed by atoms with Gasteiger partial charge in [-0.15, -0.1) is 11.3 Å². The number of ether oxygens (including phenoxy) is 2. The molecule has 0 saturated carbocycles. The van der Waals surface area contributed by atoms with Crippen LogP contribution in [0.1, 0.15) is 25.3 Å². The molecule has 9 nitrogen and oxygen atoms in total. The molecule has 2 heterocycles. The summed E-state index contributed by atoms with van der Waals surface area (Å²) in [7, 11) is -0.397. The first kappa shape index (κ1) is 26.9. The summed E-state index contributed by atoms with van der Waals surface area (Å²) < 4.78 is 39.2. The van der Waals surface area contributed by atoms with Gasteiger partial charge in [-0.3, -0.25) is 4.79 Å². The average Bonchev–Trinajstić information content (AvgIpc) is 3.39. The third kappa shape index (κ3) is 5.89. The number of thiazole rings is 1. The molecule has 0 bridgehead atoms. The van der Waals surface area contributed by atoms with E-state index in [1.165, 1.54) is 15.6 Å². The van der Waals surface area contributed by atoms with Crippen molar-refractivity contribution in [2.45, 2.75) is 31.6 Å². The van der Waals surface area contributed by atoms with Crippen LogP contribution in [0.4, 0.5) is 10.8 Å². The van der Waals surface area contributed by atoms with Gasteiger partial charge in [0, 0.05) is 31.1 Å². The van der Waals surface area contributed by atoms with Gasteiger partial charge < -0.3 is 20.1 Å². The maximum atomic E-state index is 13.4. The molecule has 37 heavy (non-hydrogen) atoms. The van der Waals surface area contributed by atoms with Crippen LogP contribution in [0.5, 0.6) is 11.5 Å². The molecule has 11 heteroatoms. The number of carbonyl (C=O) groups excluding carboxylic acids is 1. The van der Waals surface area contributed by atoms with E-state index in [-0.39, 0.29) is 17.3 Å². The Kier molecular flexibility index (Phi) is 8.35. The van der Waals surface area contributed by atoms with Crippen LogP contribution in [-0.2, 0) is 14.8 Å². The minimum atomic E-state index is -3.75. The Morgan fingerprint density at radius 3 is 2.68 bits per heavy atom. The molecule has 0 spiro atoms. The number of hydrogen-bond acceptors (Lipinski definition) is 8. The Labute approximate surface area is 221 Å². The summed E-state index contributed by atoms with van der Waals surface area (Å²) in [5, 5.41) is 8.71. The minimum absolute atomic E-state index is 0.111. The van der Waals surface area contributed by atoms with Gasteiger partial charge in [0.1, 0.15) is 11.5 Å². The average molecular weight is 545 g/mol. The van der Waals surface area contributed by atoms with E-state index in [1.54, 1.807) is 31.4 Å². The maximum Gasteiger partial charge on any atom is 0.243 e. The molecule has 198 valence electrons. The van der Waals surface area contributed by atoms with Crippen LogP contribution in [0.3, 0.4) is 0 Å². The highest BCUT2D eigenvalue weighted by molar-refractivity contribution is 7.89. The predicted octanol–water partition coefficient (Wildman–Crippen LogP) is 4.61. The number of carbonyl (C=O) groups is 1. The molecule has 1 fully saturated rings. The first-order chi connectivity index (χ1) is 17.8. The Bertz CT molecular complexity index is 1370. The van der Waals surface area contributed by atoms with Gasteiger partial charge in [-0.2, -0.15) is 4.31 Å². The van der Waals surface area contributed by atoms with Gasteiger partial charge in [0.15, 0.2) is 5.13 Å². The van der Waals surface area contributed by atoms with Gasteiger partial charge in [0.25, 0.3) is 0 Å². The number of aryl methyl sites for hydroxylation is 1. The second-order valence-corrected chi connectivity index (χ2v) is 11.6. The van der Waals surface area contributed by atoms with Crippen molar-refractivity contribution in [1.29, 1.82) is 0 Å². The highest BCUT2D eigenvalue weighted by atomic mass is 32.2. The quantitative estimate of drug-likeness (QED) is 0.405. The second kappa shape index (κ2) is 11.5. The molecule has 1 amide bonds. The van der Waals surface area contributed by atoms with Crippen LogP contribution in [0, 0.1) is 12.8 Å². The standard InChI is InChI=1S/C26H32N4O5S2/c1-5-35-23-11-9-20(13-17(23)2)37(32,33)30-12-6-7-19(15-30)25(31)28-21-14-18(8-10-24(21)34-4)22-16-36-26(27-3)29-22/h8-11,13-14,16,19H,5-7,12,15H2,1-4H3,(H,27,29)(H,28,31). The van der Waals surface area contributed by atoms with E-state index in [0.29, 0.717) is 43.2 Å². The molecule has 1 saturated heterocycles. The zero-order valence-electron chi connectivity index (χ0n) is 21.4. The van der Waals surface area contributed by atoms with E-state index in [0.717, 1.165) is 22.0 Å². The Balaban J connectivity index is 1.51. The molecular weight excluding hydrogens is 512 g/mol. The van der Waals surface area contributed by atoms with Crippen molar-refractivity contribution in [1.82, 2.24) is 9.29 Å². The molecule has 1 aliphatic rings. The number of nitrogens with one attached hydrogen (secondary N) is 2. The highest BCUT2D eigenvalue weighted by Crippen LogP contribution is 2.33. The summed E-state index contributed by atoms with van der Waals surface area (Å²) >= 11 is 1.49. The maximum absolute atomic E-state index is 13.4.